The Kier molecular flexibility index (Phi) is 7.17. The highest BCUT2D eigenvalue weighted by Crippen LogP contribution is 2.24. The number of carbonyl (C=O) groups excluding carboxylic acids is 1. The summed E-state index contributed by atoms with van der Waals surface area (Å²) < 4.78 is 22.3. The van der Waals surface area contributed by atoms with Crippen LogP contribution in [0.5, 0.6) is 5.75 Å². The van der Waals surface area contributed by atoms with Gasteiger partial charge in [-0.1, -0.05) is 11.2 Å². The van der Waals surface area contributed by atoms with E-state index >= 15 is 0 Å². The van der Waals surface area contributed by atoms with Crippen LogP contribution in [0.3, 0.4) is 0 Å². The van der Waals surface area contributed by atoms with Gasteiger partial charge in [0.25, 0.3) is 5.91 Å². The fraction of sp³-hybridized carbons (Fsp3) is 0.333. The van der Waals surface area contributed by atoms with Crippen molar-refractivity contribution in [3.63, 3.8) is 0 Å². The number of oxime groups is 1. The van der Waals surface area contributed by atoms with Crippen LogP contribution in [-0.2, 0) is 20.1 Å². The first-order valence-electron chi connectivity index (χ1n) is 6.04. The number of nitrogens with zero attached hydrogens (tertiary/aromatic N) is 1. The van der Waals surface area contributed by atoms with E-state index in [-0.39, 0.29) is 30.2 Å². The van der Waals surface area contributed by atoms with Gasteiger partial charge in [-0.25, -0.2) is 8.42 Å². The summed E-state index contributed by atoms with van der Waals surface area (Å²) in [6.07, 6.45) is 1.16. The van der Waals surface area contributed by atoms with Gasteiger partial charge < -0.3 is 15.6 Å². The first kappa shape index (κ1) is 18.8. The second-order valence-corrected chi connectivity index (χ2v) is 9.72. The summed E-state index contributed by atoms with van der Waals surface area (Å²) in [6, 6.07) is 4.65. The molecule has 0 saturated carbocycles. The monoisotopic (exact) mass is 410 g/mol. The summed E-state index contributed by atoms with van der Waals surface area (Å²) in [5, 5.41) is 23.8. The Morgan fingerprint density at radius 1 is 1.45 bits per heavy atom. The number of hydrogen-bond acceptors (Lipinski definition) is 7. The molecule has 0 atom stereocenters. The van der Waals surface area contributed by atoms with Gasteiger partial charge in [-0.05, 0) is 44.4 Å². The van der Waals surface area contributed by atoms with Crippen LogP contribution in [0.15, 0.2) is 27.8 Å². The number of phenols is 1. The number of hydrogen-bond donors (Lipinski definition) is 3. The van der Waals surface area contributed by atoms with Crippen LogP contribution in [0.2, 0.25) is 0 Å². The Bertz CT molecular complexity index is 676. The Morgan fingerprint density at radius 2 is 2.14 bits per heavy atom. The van der Waals surface area contributed by atoms with Crippen molar-refractivity contribution in [3.8, 4) is 5.75 Å². The van der Waals surface area contributed by atoms with Crippen LogP contribution in [-0.4, -0.2) is 48.9 Å². The van der Waals surface area contributed by atoms with Crippen molar-refractivity contribution in [2.24, 2.45) is 5.16 Å². The largest absolute Gasteiger partial charge is 0.507 e. The Hall–Kier alpha value is -1.26. The summed E-state index contributed by atoms with van der Waals surface area (Å²) in [7, 11) is -2.42. The van der Waals surface area contributed by atoms with Crippen LogP contribution in [0, 0.1) is 0 Å². The normalized spacial score (nSPS) is 12.2. The summed E-state index contributed by atoms with van der Waals surface area (Å²) in [6.45, 7) is 0.134. The van der Waals surface area contributed by atoms with E-state index in [0.717, 1.165) is 17.0 Å². The topological polar surface area (TPSA) is 116 Å². The molecule has 0 unspecified atom stereocenters. The van der Waals surface area contributed by atoms with E-state index in [2.05, 4.69) is 26.4 Å². The van der Waals surface area contributed by atoms with Crippen LogP contribution < -0.4 is 5.32 Å². The predicted octanol–water partition coefficient (Wildman–Crippen LogP) is 1.34. The molecule has 0 spiro atoms. The van der Waals surface area contributed by atoms with Crippen molar-refractivity contribution in [3.05, 3.63) is 28.2 Å². The van der Waals surface area contributed by atoms with Crippen LogP contribution in [0.1, 0.15) is 5.56 Å². The van der Waals surface area contributed by atoms with Gasteiger partial charge in [0.05, 0.1) is 4.47 Å². The molecular formula is C12H15BrN2O5S2. The molecule has 0 aliphatic carbocycles. The molecule has 122 valence electrons. The third kappa shape index (κ3) is 6.67. The van der Waals surface area contributed by atoms with E-state index in [0.29, 0.717) is 10.0 Å². The second-order valence-electron chi connectivity index (χ2n) is 4.29. The molecule has 3 N–H and O–H groups in total. The summed E-state index contributed by atoms with van der Waals surface area (Å²) in [5.41, 5.74) is 0.556. The van der Waals surface area contributed by atoms with Crippen LogP contribution in [0.4, 0.5) is 0 Å². The number of nitrogens with one attached hydrogen (secondary N) is 1. The molecule has 1 aromatic carbocycles. The minimum Gasteiger partial charge on any atom is -0.507 e. The number of halogens is 1. The molecule has 0 radical (unpaired) electrons. The fourth-order valence-corrected chi connectivity index (χ4v) is 3.55. The molecule has 10 heteroatoms. The van der Waals surface area contributed by atoms with E-state index in [9.17, 15) is 18.3 Å². The van der Waals surface area contributed by atoms with Crippen molar-refractivity contribution in [1.82, 2.24) is 5.32 Å². The number of rotatable bonds is 7. The predicted molar refractivity (Wildman–Crippen MR) is 89.0 cm³/mol. The highest BCUT2D eigenvalue weighted by atomic mass is 79.9. The highest BCUT2D eigenvalue weighted by Gasteiger charge is 2.14. The Labute approximate surface area is 140 Å². The van der Waals surface area contributed by atoms with Crippen LogP contribution in [0.25, 0.3) is 0 Å². The Balaban J connectivity index is 2.56. The van der Waals surface area contributed by atoms with Gasteiger partial charge in [-0.15, -0.1) is 0 Å². The van der Waals surface area contributed by atoms with Gasteiger partial charge in [-0.3, -0.25) is 4.79 Å². The lowest BCUT2D eigenvalue weighted by Crippen LogP contribution is -2.34. The maximum atomic E-state index is 11.8. The SMILES string of the molecule is CS(=O)(=O)SCCNC(=O)C(Cc1ccc(O)c(Br)c1)=NO. The van der Waals surface area contributed by atoms with Gasteiger partial charge in [0.2, 0.25) is 0 Å². The van der Waals surface area contributed by atoms with E-state index in [1.54, 1.807) is 12.1 Å². The molecule has 0 aliphatic heterocycles. The maximum absolute atomic E-state index is 11.8. The van der Waals surface area contributed by atoms with Crippen molar-refractivity contribution in [2.75, 3.05) is 18.6 Å². The number of amides is 1. The molecule has 1 amide bonds. The first-order chi connectivity index (χ1) is 10.2. The Morgan fingerprint density at radius 3 is 2.68 bits per heavy atom. The number of benzene rings is 1. The highest BCUT2D eigenvalue weighted by molar-refractivity contribution is 9.10. The fourth-order valence-electron chi connectivity index (χ4n) is 1.47. The third-order valence-corrected chi connectivity index (χ3v) is 5.67. The lowest BCUT2D eigenvalue weighted by Gasteiger charge is -2.07. The smallest absolute Gasteiger partial charge is 0.269 e. The van der Waals surface area contributed by atoms with Crippen molar-refractivity contribution in [2.45, 2.75) is 6.42 Å². The standard InChI is InChI=1S/C12H15BrN2O5S2/c1-22(19,20)21-5-4-14-12(17)10(15-18)7-8-2-3-11(16)9(13)6-8/h2-3,6,16,18H,4-5,7H2,1H3,(H,14,17). The molecule has 1 rings (SSSR count). The lowest BCUT2D eigenvalue weighted by molar-refractivity contribution is -0.114. The zero-order valence-electron chi connectivity index (χ0n) is 11.6. The molecular weight excluding hydrogens is 396 g/mol. The van der Waals surface area contributed by atoms with E-state index in [4.69, 9.17) is 5.21 Å². The molecule has 1 aromatic rings. The number of phenolic OH excluding ortho intramolecular Hbond substituents is 1. The van der Waals surface area contributed by atoms with Crippen molar-refractivity contribution in [1.29, 1.82) is 0 Å². The van der Waals surface area contributed by atoms with E-state index < -0.39 is 14.8 Å². The van der Waals surface area contributed by atoms with Gasteiger partial charge in [0.15, 0.2) is 8.87 Å². The molecule has 0 bridgehead atoms. The molecule has 0 fully saturated rings. The molecule has 22 heavy (non-hydrogen) atoms. The van der Waals surface area contributed by atoms with Crippen LogP contribution >= 0.6 is 26.7 Å². The summed E-state index contributed by atoms with van der Waals surface area (Å²) in [4.78, 5) is 11.8. The molecule has 0 saturated heterocycles. The lowest BCUT2D eigenvalue weighted by atomic mass is 10.1. The average Bonchev–Trinajstić information content (AvgIpc) is 2.43. The van der Waals surface area contributed by atoms with Crippen molar-refractivity contribution >= 4 is 47.2 Å². The van der Waals surface area contributed by atoms with E-state index in [1.165, 1.54) is 6.07 Å². The van der Waals surface area contributed by atoms with Crippen molar-refractivity contribution < 1.29 is 23.5 Å². The van der Waals surface area contributed by atoms with Gasteiger partial charge in [-0.2, -0.15) is 0 Å². The quantitative estimate of drug-likeness (QED) is 0.205. The zero-order valence-corrected chi connectivity index (χ0v) is 14.8. The van der Waals surface area contributed by atoms with Gasteiger partial charge >= 0.3 is 0 Å². The molecule has 7 nitrogen and oxygen atoms in total. The molecule has 0 aliphatic rings. The summed E-state index contributed by atoms with van der Waals surface area (Å²) >= 11 is 3.15. The third-order valence-electron chi connectivity index (χ3n) is 2.45. The minimum atomic E-state index is -3.15. The number of carbonyl (C=O) groups is 1. The molecule has 0 heterocycles. The second kappa shape index (κ2) is 8.39. The number of aromatic hydroxyl groups is 1. The van der Waals surface area contributed by atoms with Gasteiger partial charge in [0.1, 0.15) is 11.5 Å². The van der Waals surface area contributed by atoms with E-state index in [1.807, 2.05) is 0 Å². The first-order valence-corrected chi connectivity index (χ1v) is 10.2. The molecule has 0 aromatic heterocycles. The minimum absolute atomic E-state index is 0.0634. The zero-order chi connectivity index (χ0) is 16.8. The van der Waals surface area contributed by atoms with Gasteiger partial charge in [0, 0.05) is 25.0 Å². The average molecular weight is 411 g/mol. The summed E-state index contributed by atoms with van der Waals surface area (Å²) in [5.74, 6) is -0.317. The maximum Gasteiger partial charge on any atom is 0.269 e.